The van der Waals surface area contributed by atoms with E-state index in [-0.39, 0.29) is 0 Å². The van der Waals surface area contributed by atoms with Crippen LogP contribution in [0.5, 0.6) is 11.5 Å². The zero-order valence-electron chi connectivity index (χ0n) is 17.5. The number of hydrogen-bond acceptors (Lipinski definition) is 4. The highest BCUT2D eigenvalue weighted by atomic mass is 16.5. The summed E-state index contributed by atoms with van der Waals surface area (Å²) in [5, 5.41) is 2.67. The van der Waals surface area contributed by atoms with E-state index in [1.165, 1.54) is 14.2 Å². The molecule has 0 unspecified atom stereocenters. The second-order valence-electron chi connectivity index (χ2n) is 7.12. The van der Waals surface area contributed by atoms with Crippen LogP contribution in [0.15, 0.2) is 72.9 Å². The number of pyridine rings is 1. The minimum absolute atomic E-state index is 0.304. The summed E-state index contributed by atoms with van der Waals surface area (Å²) in [5.41, 5.74) is 4.17. The largest absolute Gasteiger partial charge is 0.497 e. The minimum atomic E-state index is -0.760. The SMILES string of the molecule is COc1ccc(OC)c(NC(=O)C(=O)c2c(-c3ccc(C)cc3)cc3ccccn23)c1. The van der Waals surface area contributed by atoms with Gasteiger partial charge in [-0.1, -0.05) is 35.9 Å². The lowest BCUT2D eigenvalue weighted by Crippen LogP contribution is -2.25. The van der Waals surface area contributed by atoms with Crippen molar-refractivity contribution in [3.05, 3.63) is 84.2 Å². The number of nitrogens with one attached hydrogen (secondary N) is 1. The van der Waals surface area contributed by atoms with Gasteiger partial charge in [0.2, 0.25) is 0 Å². The van der Waals surface area contributed by atoms with Crippen LogP contribution in [-0.2, 0) is 4.79 Å². The number of hydrogen-bond donors (Lipinski definition) is 1. The molecule has 1 N–H and O–H groups in total. The monoisotopic (exact) mass is 414 g/mol. The maximum Gasteiger partial charge on any atom is 0.298 e. The number of anilines is 1. The molecule has 0 fully saturated rings. The van der Waals surface area contributed by atoms with Crippen LogP contribution in [0.25, 0.3) is 16.6 Å². The molecule has 4 rings (SSSR count). The first-order valence-electron chi connectivity index (χ1n) is 9.76. The Labute approximate surface area is 180 Å². The first-order valence-corrected chi connectivity index (χ1v) is 9.76. The van der Waals surface area contributed by atoms with Gasteiger partial charge in [-0.3, -0.25) is 9.59 Å². The number of benzene rings is 2. The van der Waals surface area contributed by atoms with Gasteiger partial charge in [-0.15, -0.1) is 0 Å². The van der Waals surface area contributed by atoms with E-state index in [0.29, 0.717) is 28.4 Å². The number of carbonyl (C=O) groups excluding carboxylic acids is 2. The average molecular weight is 414 g/mol. The Bertz CT molecular complexity index is 1270. The van der Waals surface area contributed by atoms with E-state index in [4.69, 9.17) is 9.47 Å². The van der Waals surface area contributed by atoms with Gasteiger partial charge >= 0.3 is 0 Å². The first kappa shape index (κ1) is 20.2. The lowest BCUT2D eigenvalue weighted by atomic mass is 10.0. The number of ketones is 1. The van der Waals surface area contributed by atoms with Gasteiger partial charge in [-0.25, -0.2) is 0 Å². The standard InChI is InChI=1S/C25H22N2O4/c1-16-7-9-17(10-8-16)20-14-18-6-4-5-13-27(18)23(20)24(28)25(29)26-21-15-19(30-2)11-12-22(21)31-3/h4-15H,1-3H3,(H,26,29). The molecule has 6 nitrogen and oxygen atoms in total. The third kappa shape index (κ3) is 3.88. The van der Waals surface area contributed by atoms with Gasteiger partial charge in [0.1, 0.15) is 17.2 Å². The Morgan fingerprint density at radius 1 is 0.903 bits per heavy atom. The summed E-state index contributed by atoms with van der Waals surface area (Å²) in [7, 11) is 3.02. The fourth-order valence-electron chi connectivity index (χ4n) is 3.51. The summed E-state index contributed by atoms with van der Waals surface area (Å²) in [5.74, 6) is -0.437. The normalized spacial score (nSPS) is 10.7. The summed E-state index contributed by atoms with van der Waals surface area (Å²) in [4.78, 5) is 26.3. The van der Waals surface area contributed by atoms with E-state index in [9.17, 15) is 9.59 Å². The fraction of sp³-hybridized carbons (Fsp3) is 0.120. The number of amides is 1. The van der Waals surface area contributed by atoms with Gasteiger partial charge in [-0.05, 0) is 42.8 Å². The molecule has 0 spiro atoms. The molecule has 0 radical (unpaired) electrons. The number of Topliss-reactive ketones (excluding diaryl/α,β-unsaturated/α-hetero) is 1. The van der Waals surface area contributed by atoms with Crippen molar-refractivity contribution in [3.8, 4) is 22.6 Å². The summed E-state index contributed by atoms with van der Waals surface area (Å²) < 4.78 is 12.3. The fourth-order valence-corrected chi connectivity index (χ4v) is 3.51. The summed E-state index contributed by atoms with van der Waals surface area (Å²) in [6.07, 6.45) is 1.78. The van der Waals surface area contributed by atoms with Crippen LogP contribution in [0.4, 0.5) is 5.69 Å². The van der Waals surface area contributed by atoms with Crippen molar-refractivity contribution in [1.29, 1.82) is 0 Å². The molecule has 1 amide bonds. The Kier molecular flexibility index (Phi) is 5.45. The second kappa shape index (κ2) is 8.36. The zero-order chi connectivity index (χ0) is 22.0. The van der Waals surface area contributed by atoms with Gasteiger partial charge in [0.25, 0.3) is 11.7 Å². The van der Waals surface area contributed by atoms with E-state index in [0.717, 1.165) is 16.6 Å². The predicted octanol–water partition coefficient (Wildman–Crippen LogP) is 4.75. The molecular weight excluding hydrogens is 392 g/mol. The maximum absolute atomic E-state index is 13.3. The van der Waals surface area contributed by atoms with Crippen LogP contribution < -0.4 is 14.8 Å². The average Bonchev–Trinajstić information content (AvgIpc) is 3.18. The molecule has 2 aromatic carbocycles. The molecule has 4 aromatic rings. The molecule has 156 valence electrons. The highest BCUT2D eigenvalue weighted by Crippen LogP contribution is 2.31. The number of fused-ring (bicyclic) bond motifs is 1. The molecule has 0 bridgehead atoms. The van der Waals surface area contributed by atoms with Crippen molar-refractivity contribution in [3.63, 3.8) is 0 Å². The summed E-state index contributed by atoms with van der Waals surface area (Å²) in [6, 6.07) is 20.4. The first-order chi connectivity index (χ1) is 15.0. The maximum atomic E-state index is 13.3. The van der Waals surface area contributed by atoms with Crippen LogP contribution in [-0.4, -0.2) is 30.3 Å². The van der Waals surface area contributed by atoms with Crippen molar-refractivity contribution in [1.82, 2.24) is 4.40 Å². The quantitative estimate of drug-likeness (QED) is 0.365. The van der Waals surface area contributed by atoms with Crippen LogP contribution in [0.2, 0.25) is 0 Å². The van der Waals surface area contributed by atoms with E-state index >= 15 is 0 Å². The minimum Gasteiger partial charge on any atom is -0.497 e. The van der Waals surface area contributed by atoms with Gasteiger partial charge in [0, 0.05) is 23.3 Å². The molecule has 6 heteroatoms. The number of aromatic nitrogens is 1. The van der Waals surface area contributed by atoms with Gasteiger partial charge in [0.05, 0.1) is 19.9 Å². The third-order valence-electron chi connectivity index (χ3n) is 5.12. The number of rotatable bonds is 6. The molecule has 0 atom stereocenters. The molecular formula is C25H22N2O4. The third-order valence-corrected chi connectivity index (χ3v) is 5.12. The Morgan fingerprint density at radius 2 is 1.68 bits per heavy atom. The molecule has 2 aromatic heterocycles. The summed E-state index contributed by atoms with van der Waals surface area (Å²) in [6.45, 7) is 2.00. The van der Waals surface area contributed by atoms with Crippen LogP contribution in [0.1, 0.15) is 16.1 Å². The van der Waals surface area contributed by atoms with Gasteiger partial charge in [-0.2, -0.15) is 0 Å². The zero-order valence-corrected chi connectivity index (χ0v) is 17.5. The van der Waals surface area contributed by atoms with Gasteiger partial charge in [0.15, 0.2) is 0 Å². The number of nitrogens with zero attached hydrogens (tertiary/aromatic N) is 1. The van der Waals surface area contributed by atoms with Crippen molar-refractivity contribution < 1.29 is 19.1 Å². The van der Waals surface area contributed by atoms with E-state index in [1.807, 2.05) is 55.5 Å². The van der Waals surface area contributed by atoms with Crippen molar-refractivity contribution >= 4 is 22.9 Å². The van der Waals surface area contributed by atoms with E-state index in [1.54, 1.807) is 28.8 Å². The van der Waals surface area contributed by atoms with Crippen LogP contribution in [0.3, 0.4) is 0 Å². The van der Waals surface area contributed by atoms with Crippen molar-refractivity contribution in [2.75, 3.05) is 19.5 Å². The van der Waals surface area contributed by atoms with Crippen molar-refractivity contribution in [2.24, 2.45) is 0 Å². The Hall–Kier alpha value is -4.06. The lowest BCUT2D eigenvalue weighted by Gasteiger charge is -2.12. The van der Waals surface area contributed by atoms with E-state index in [2.05, 4.69) is 5.32 Å². The number of ether oxygens (including phenoxy) is 2. The van der Waals surface area contributed by atoms with Crippen LogP contribution >= 0.6 is 0 Å². The highest BCUT2D eigenvalue weighted by Gasteiger charge is 2.25. The Balaban J connectivity index is 1.76. The topological polar surface area (TPSA) is 69.0 Å². The number of aryl methyl sites for hydroxylation is 1. The smallest absolute Gasteiger partial charge is 0.298 e. The molecule has 31 heavy (non-hydrogen) atoms. The second-order valence-corrected chi connectivity index (χ2v) is 7.12. The van der Waals surface area contributed by atoms with Crippen molar-refractivity contribution in [2.45, 2.75) is 6.92 Å². The molecule has 2 heterocycles. The number of carbonyl (C=O) groups is 2. The Morgan fingerprint density at radius 3 is 2.39 bits per heavy atom. The molecule has 0 saturated carbocycles. The lowest BCUT2D eigenvalue weighted by molar-refractivity contribution is -0.112. The number of methoxy groups -OCH3 is 2. The molecule has 0 aliphatic heterocycles. The highest BCUT2D eigenvalue weighted by molar-refractivity contribution is 6.47. The molecule has 0 aliphatic carbocycles. The molecule has 0 aliphatic rings. The predicted molar refractivity (Wildman–Crippen MR) is 120 cm³/mol. The summed E-state index contributed by atoms with van der Waals surface area (Å²) >= 11 is 0. The molecule has 0 saturated heterocycles. The van der Waals surface area contributed by atoms with Crippen LogP contribution in [0, 0.1) is 6.92 Å². The van der Waals surface area contributed by atoms with E-state index < -0.39 is 11.7 Å². The van der Waals surface area contributed by atoms with Gasteiger partial charge < -0.3 is 19.2 Å².